The predicted octanol–water partition coefficient (Wildman–Crippen LogP) is 2.00. The van der Waals surface area contributed by atoms with E-state index in [9.17, 15) is 0 Å². The molecule has 0 aromatic carbocycles. The van der Waals surface area contributed by atoms with Crippen LogP contribution in [0.5, 0.6) is 0 Å². The summed E-state index contributed by atoms with van der Waals surface area (Å²) < 4.78 is 0. The summed E-state index contributed by atoms with van der Waals surface area (Å²) in [7, 11) is 0. The van der Waals surface area contributed by atoms with E-state index in [0.717, 1.165) is 24.6 Å². The van der Waals surface area contributed by atoms with Crippen molar-refractivity contribution in [1.29, 1.82) is 0 Å². The summed E-state index contributed by atoms with van der Waals surface area (Å²) in [6.45, 7) is 10.9. The first-order chi connectivity index (χ1) is 7.13. The Hall–Kier alpha value is -1.09. The number of aromatic nitrogens is 1. The van der Waals surface area contributed by atoms with E-state index in [-0.39, 0.29) is 0 Å². The first kappa shape index (κ1) is 12.0. The van der Waals surface area contributed by atoms with E-state index in [2.05, 4.69) is 36.7 Å². The van der Waals surface area contributed by atoms with E-state index in [1.54, 1.807) is 0 Å². The Balaban J connectivity index is 3.24. The van der Waals surface area contributed by atoms with Gasteiger partial charge in [-0.1, -0.05) is 0 Å². The van der Waals surface area contributed by atoms with Crippen molar-refractivity contribution in [2.75, 3.05) is 18.0 Å². The molecule has 1 aromatic heterocycles. The highest BCUT2D eigenvalue weighted by Gasteiger charge is 2.11. The largest absolute Gasteiger partial charge is 0.357 e. The van der Waals surface area contributed by atoms with Gasteiger partial charge >= 0.3 is 0 Å². The van der Waals surface area contributed by atoms with Crippen molar-refractivity contribution in [2.24, 2.45) is 5.73 Å². The number of hydrogen-bond acceptors (Lipinski definition) is 3. The van der Waals surface area contributed by atoms with Crippen molar-refractivity contribution in [3.8, 4) is 0 Å². The minimum absolute atomic E-state index is 0.560. The third-order valence-corrected chi connectivity index (χ3v) is 2.72. The van der Waals surface area contributed by atoms with Crippen LogP contribution in [0.3, 0.4) is 0 Å². The Morgan fingerprint density at radius 3 is 2.33 bits per heavy atom. The van der Waals surface area contributed by atoms with Crippen LogP contribution in [-0.4, -0.2) is 18.1 Å². The van der Waals surface area contributed by atoms with Crippen molar-refractivity contribution >= 4 is 5.82 Å². The van der Waals surface area contributed by atoms with Crippen molar-refractivity contribution in [3.05, 3.63) is 22.9 Å². The molecule has 0 fully saturated rings. The maximum atomic E-state index is 5.78. The first-order valence-corrected chi connectivity index (χ1v) is 5.56. The summed E-state index contributed by atoms with van der Waals surface area (Å²) in [6, 6.07) is 2.09. The van der Waals surface area contributed by atoms with Crippen LogP contribution in [0.25, 0.3) is 0 Å². The molecule has 2 N–H and O–H groups in total. The molecule has 1 heterocycles. The third kappa shape index (κ3) is 2.48. The lowest BCUT2D eigenvalue weighted by atomic mass is 10.1. The Morgan fingerprint density at radius 1 is 1.27 bits per heavy atom. The van der Waals surface area contributed by atoms with Gasteiger partial charge in [-0.2, -0.15) is 0 Å². The van der Waals surface area contributed by atoms with E-state index >= 15 is 0 Å². The maximum Gasteiger partial charge on any atom is 0.133 e. The van der Waals surface area contributed by atoms with Crippen LogP contribution in [0.1, 0.15) is 30.7 Å². The lowest BCUT2D eigenvalue weighted by Gasteiger charge is -2.24. The smallest absolute Gasteiger partial charge is 0.133 e. The zero-order chi connectivity index (χ0) is 11.4. The highest BCUT2D eigenvalue weighted by atomic mass is 15.2. The molecule has 0 amide bonds. The van der Waals surface area contributed by atoms with Crippen LogP contribution in [0.4, 0.5) is 5.82 Å². The number of rotatable bonds is 4. The lowest BCUT2D eigenvalue weighted by molar-refractivity contribution is 0.823. The van der Waals surface area contributed by atoms with Crippen LogP contribution in [0.2, 0.25) is 0 Å². The summed E-state index contributed by atoms with van der Waals surface area (Å²) >= 11 is 0. The third-order valence-electron chi connectivity index (χ3n) is 2.72. The summed E-state index contributed by atoms with van der Waals surface area (Å²) in [5, 5.41) is 0. The van der Waals surface area contributed by atoms with Gasteiger partial charge in [0.25, 0.3) is 0 Å². The Kier molecular flexibility index (Phi) is 4.09. The average Bonchev–Trinajstić information content (AvgIpc) is 2.19. The SMILES string of the molecule is CCN(CC)c1nc(C)cc(C)c1CN. The van der Waals surface area contributed by atoms with Gasteiger partial charge in [-0.15, -0.1) is 0 Å². The maximum absolute atomic E-state index is 5.78. The Morgan fingerprint density at radius 2 is 1.87 bits per heavy atom. The number of pyridine rings is 1. The van der Waals surface area contributed by atoms with E-state index < -0.39 is 0 Å². The molecular weight excluding hydrogens is 186 g/mol. The molecule has 0 aliphatic rings. The molecule has 3 heteroatoms. The molecule has 0 saturated carbocycles. The molecule has 0 radical (unpaired) electrons. The van der Waals surface area contributed by atoms with Crippen molar-refractivity contribution in [2.45, 2.75) is 34.2 Å². The van der Waals surface area contributed by atoms with Crippen molar-refractivity contribution < 1.29 is 0 Å². The van der Waals surface area contributed by atoms with Crippen molar-refractivity contribution in [1.82, 2.24) is 4.98 Å². The minimum Gasteiger partial charge on any atom is -0.357 e. The van der Waals surface area contributed by atoms with E-state index in [1.165, 1.54) is 11.1 Å². The van der Waals surface area contributed by atoms with Crippen molar-refractivity contribution in [3.63, 3.8) is 0 Å². The van der Waals surface area contributed by atoms with Crippen LogP contribution in [0, 0.1) is 13.8 Å². The molecule has 0 bridgehead atoms. The molecule has 1 aromatic rings. The second kappa shape index (κ2) is 5.12. The number of nitrogens with zero attached hydrogens (tertiary/aromatic N) is 2. The fraction of sp³-hybridized carbons (Fsp3) is 0.583. The highest BCUT2D eigenvalue weighted by Crippen LogP contribution is 2.21. The number of nitrogens with two attached hydrogens (primary N) is 1. The fourth-order valence-electron chi connectivity index (χ4n) is 1.88. The molecule has 0 spiro atoms. The van der Waals surface area contributed by atoms with Gasteiger partial charge in [0.1, 0.15) is 5.82 Å². The molecule has 84 valence electrons. The zero-order valence-corrected chi connectivity index (χ0v) is 10.2. The number of anilines is 1. The topological polar surface area (TPSA) is 42.2 Å². The van der Waals surface area contributed by atoms with Gasteiger partial charge in [0, 0.05) is 30.9 Å². The number of aryl methyl sites for hydroxylation is 2. The lowest BCUT2D eigenvalue weighted by Crippen LogP contribution is -2.25. The minimum atomic E-state index is 0.560. The second-order valence-corrected chi connectivity index (χ2v) is 3.76. The van der Waals surface area contributed by atoms with Gasteiger partial charge in [0.2, 0.25) is 0 Å². The molecule has 0 aliphatic carbocycles. The fourth-order valence-corrected chi connectivity index (χ4v) is 1.88. The summed E-state index contributed by atoms with van der Waals surface area (Å²) in [6.07, 6.45) is 0. The van der Waals surface area contributed by atoms with Crippen LogP contribution >= 0.6 is 0 Å². The molecule has 1 rings (SSSR count). The quantitative estimate of drug-likeness (QED) is 0.821. The highest BCUT2D eigenvalue weighted by molar-refractivity contribution is 5.51. The predicted molar refractivity (Wildman–Crippen MR) is 65.2 cm³/mol. The van der Waals surface area contributed by atoms with Gasteiger partial charge in [0.15, 0.2) is 0 Å². The van der Waals surface area contributed by atoms with Crippen LogP contribution in [0.15, 0.2) is 6.07 Å². The van der Waals surface area contributed by atoms with Gasteiger partial charge in [-0.25, -0.2) is 4.98 Å². The molecule has 0 atom stereocenters. The van der Waals surface area contributed by atoms with Gasteiger partial charge in [-0.3, -0.25) is 0 Å². The average molecular weight is 207 g/mol. The standard InChI is InChI=1S/C12H21N3/c1-5-15(6-2)12-11(8-13)9(3)7-10(4)14-12/h7H,5-6,8,13H2,1-4H3. The molecular formula is C12H21N3. The molecule has 15 heavy (non-hydrogen) atoms. The summed E-state index contributed by atoms with van der Waals surface area (Å²) in [5.74, 6) is 1.06. The van der Waals surface area contributed by atoms with Crippen LogP contribution < -0.4 is 10.6 Å². The van der Waals surface area contributed by atoms with E-state index in [0.29, 0.717) is 6.54 Å². The monoisotopic (exact) mass is 207 g/mol. The van der Waals surface area contributed by atoms with Crippen LogP contribution in [-0.2, 0) is 6.54 Å². The van der Waals surface area contributed by atoms with E-state index in [1.807, 2.05) is 6.92 Å². The molecule has 3 nitrogen and oxygen atoms in total. The summed E-state index contributed by atoms with van der Waals surface area (Å²) in [4.78, 5) is 6.84. The normalized spacial score (nSPS) is 10.5. The zero-order valence-electron chi connectivity index (χ0n) is 10.2. The summed E-state index contributed by atoms with van der Waals surface area (Å²) in [5.41, 5.74) is 9.26. The Labute approximate surface area is 92.3 Å². The van der Waals surface area contributed by atoms with Gasteiger partial charge in [0.05, 0.1) is 0 Å². The first-order valence-electron chi connectivity index (χ1n) is 5.56. The molecule has 0 aliphatic heterocycles. The second-order valence-electron chi connectivity index (χ2n) is 3.76. The van der Waals surface area contributed by atoms with E-state index in [4.69, 9.17) is 5.73 Å². The van der Waals surface area contributed by atoms with Gasteiger partial charge in [-0.05, 0) is 39.3 Å². The number of hydrogen-bond donors (Lipinski definition) is 1. The molecule has 0 saturated heterocycles. The van der Waals surface area contributed by atoms with Gasteiger partial charge < -0.3 is 10.6 Å². The molecule has 0 unspecified atom stereocenters. The Bertz CT molecular complexity index is 330.